The lowest BCUT2D eigenvalue weighted by Crippen LogP contribution is -2.43. The minimum absolute atomic E-state index is 0.104. The summed E-state index contributed by atoms with van der Waals surface area (Å²) in [5.41, 5.74) is 2.59. The van der Waals surface area contributed by atoms with Crippen LogP contribution in [-0.4, -0.2) is 23.2 Å². The maximum absolute atomic E-state index is 12.0. The Kier molecular flexibility index (Phi) is 3.36. The summed E-state index contributed by atoms with van der Waals surface area (Å²) in [5, 5.41) is 15.4. The summed E-state index contributed by atoms with van der Waals surface area (Å²) in [6.45, 7) is 2.26. The molecule has 2 N–H and O–H groups in total. The van der Waals surface area contributed by atoms with Crippen LogP contribution in [0, 0.1) is 6.92 Å². The van der Waals surface area contributed by atoms with Gasteiger partial charge >= 0.3 is 0 Å². The highest BCUT2D eigenvalue weighted by Gasteiger charge is 2.35. The van der Waals surface area contributed by atoms with E-state index >= 15 is 0 Å². The molecule has 0 spiro atoms. The number of carbonyl (C=O) groups is 1. The molecule has 0 radical (unpaired) electrons. The van der Waals surface area contributed by atoms with Crippen molar-refractivity contribution in [2.45, 2.75) is 25.4 Å². The van der Waals surface area contributed by atoms with E-state index in [1.54, 1.807) is 0 Å². The smallest absolute Gasteiger partial charge is 0.261 e. The van der Waals surface area contributed by atoms with Crippen molar-refractivity contribution >= 4 is 17.2 Å². The Balaban J connectivity index is 1.63. The van der Waals surface area contributed by atoms with Gasteiger partial charge in [0.15, 0.2) is 0 Å². The van der Waals surface area contributed by atoms with Gasteiger partial charge in [-0.1, -0.05) is 24.3 Å². The van der Waals surface area contributed by atoms with Gasteiger partial charge in [0.05, 0.1) is 10.5 Å². The van der Waals surface area contributed by atoms with Crippen LogP contribution in [-0.2, 0) is 12.8 Å². The van der Waals surface area contributed by atoms with Crippen molar-refractivity contribution in [2.24, 2.45) is 0 Å². The van der Waals surface area contributed by atoms with Crippen molar-refractivity contribution in [3.05, 3.63) is 57.3 Å². The lowest BCUT2D eigenvalue weighted by molar-refractivity contribution is 0.0481. The van der Waals surface area contributed by atoms with Gasteiger partial charge in [-0.2, -0.15) is 0 Å². The predicted molar refractivity (Wildman–Crippen MR) is 80.2 cm³/mol. The predicted octanol–water partition coefficient (Wildman–Crippen LogP) is 2.32. The van der Waals surface area contributed by atoms with Crippen molar-refractivity contribution in [3.63, 3.8) is 0 Å². The largest absolute Gasteiger partial charge is 0.387 e. The van der Waals surface area contributed by atoms with E-state index in [2.05, 4.69) is 5.32 Å². The Bertz CT molecular complexity index is 622. The van der Waals surface area contributed by atoms with Gasteiger partial charge in [0.2, 0.25) is 0 Å². The van der Waals surface area contributed by atoms with Crippen LogP contribution in [0.25, 0.3) is 0 Å². The molecule has 0 fully saturated rings. The number of hydrogen-bond acceptors (Lipinski definition) is 3. The van der Waals surface area contributed by atoms with E-state index < -0.39 is 5.60 Å². The monoisotopic (exact) mass is 287 g/mol. The fourth-order valence-electron chi connectivity index (χ4n) is 2.68. The molecule has 1 aliphatic carbocycles. The highest BCUT2D eigenvalue weighted by Crippen LogP contribution is 2.29. The van der Waals surface area contributed by atoms with E-state index in [9.17, 15) is 9.90 Å². The number of thiophene rings is 1. The molecule has 20 heavy (non-hydrogen) atoms. The normalized spacial score (nSPS) is 15.9. The SMILES string of the molecule is Cc1csc(C(=O)NCC2(O)Cc3ccccc3C2)c1. The van der Waals surface area contributed by atoms with Gasteiger partial charge in [0.1, 0.15) is 0 Å². The van der Waals surface area contributed by atoms with Gasteiger partial charge in [-0.15, -0.1) is 11.3 Å². The summed E-state index contributed by atoms with van der Waals surface area (Å²) in [7, 11) is 0. The molecule has 1 aliphatic rings. The molecule has 0 saturated heterocycles. The van der Waals surface area contributed by atoms with Gasteiger partial charge in [-0.3, -0.25) is 4.79 Å². The molecule has 0 atom stereocenters. The standard InChI is InChI=1S/C16H17NO2S/c1-11-6-14(20-9-11)15(18)17-10-16(19)7-12-4-2-3-5-13(12)8-16/h2-6,9,19H,7-8,10H2,1H3,(H,17,18). The van der Waals surface area contributed by atoms with Gasteiger partial charge in [-0.25, -0.2) is 0 Å². The Morgan fingerprint density at radius 2 is 2.00 bits per heavy atom. The molecule has 3 rings (SSSR count). The summed E-state index contributed by atoms with van der Waals surface area (Å²) in [6, 6.07) is 9.91. The second-order valence-electron chi connectivity index (χ2n) is 5.52. The third-order valence-electron chi connectivity index (χ3n) is 3.69. The Morgan fingerprint density at radius 1 is 1.35 bits per heavy atom. The molecule has 4 heteroatoms. The summed E-state index contributed by atoms with van der Waals surface area (Å²) in [4.78, 5) is 12.7. The molecular formula is C16H17NO2S. The average Bonchev–Trinajstić information content (AvgIpc) is 2.99. The molecule has 0 aliphatic heterocycles. The Morgan fingerprint density at radius 3 is 2.55 bits per heavy atom. The molecule has 3 nitrogen and oxygen atoms in total. The number of fused-ring (bicyclic) bond motifs is 1. The first-order valence-electron chi connectivity index (χ1n) is 6.68. The van der Waals surface area contributed by atoms with Crippen LogP contribution in [0.4, 0.5) is 0 Å². The first-order chi connectivity index (χ1) is 9.56. The quantitative estimate of drug-likeness (QED) is 0.910. The molecule has 0 unspecified atom stereocenters. The number of aryl methyl sites for hydroxylation is 1. The summed E-state index contributed by atoms with van der Waals surface area (Å²) < 4.78 is 0. The van der Waals surface area contributed by atoms with Crippen LogP contribution in [0.2, 0.25) is 0 Å². The maximum atomic E-state index is 12.0. The zero-order valence-electron chi connectivity index (χ0n) is 11.3. The summed E-state index contributed by atoms with van der Waals surface area (Å²) in [5.74, 6) is -0.104. The summed E-state index contributed by atoms with van der Waals surface area (Å²) in [6.07, 6.45) is 1.21. The number of amides is 1. The molecule has 1 aromatic carbocycles. The molecule has 0 saturated carbocycles. The second-order valence-corrected chi connectivity index (χ2v) is 6.43. The van der Waals surface area contributed by atoms with Crippen LogP contribution >= 0.6 is 11.3 Å². The molecule has 1 heterocycles. The molecule has 1 amide bonds. The highest BCUT2D eigenvalue weighted by atomic mass is 32.1. The third-order valence-corrected chi connectivity index (χ3v) is 4.74. The third kappa shape index (κ3) is 2.62. The zero-order valence-corrected chi connectivity index (χ0v) is 12.2. The molecule has 1 aromatic heterocycles. The van der Waals surface area contributed by atoms with Crippen molar-refractivity contribution in [3.8, 4) is 0 Å². The van der Waals surface area contributed by atoms with E-state index in [1.165, 1.54) is 22.5 Å². The van der Waals surface area contributed by atoms with Crippen LogP contribution in [0.5, 0.6) is 0 Å². The van der Waals surface area contributed by atoms with Gasteiger partial charge < -0.3 is 10.4 Å². The number of rotatable bonds is 3. The first kappa shape index (κ1) is 13.3. The van der Waals surface area contributed by atoms with E-state index in [0.717, 1.165) is 5.56 Å². The van der Waals surface area contributed by atoms with Crippen LogP contribution in [0.3, 0.4) is 0 Å². The van der Waals surface area contributed by atoms with Gasteiger partial charge in [0.25, 0.3) is 5.91 Å². The van der Waals surface area contributed by atoms with E-state index in [0.29, 0.717) is 17.7 Å². The first-order valence-corrected chi connectivity index (χ1v) is 7.56. The van der Waals surface area contributed by atoms with Crippen molar-refractivity contribution in [1.82, 2.24) is 5.32 Å². The average molecular weight is 287 g/mol. The minimum atomic E-state index is -0.856. The van der Waals surface area contributed by atoms with Crippen molar-refractivity contribution < 1.29 is 9.90 Å². The van der Waals surface area contributed by atoms with Crippen LogP contribution in [0.15, 0.2) is 35.7 Å². The fraction of sp³-hybridized carbons (Fsp3) is 0.312. The maximum Gasteiger partial charge on any atom is 0.261 e. The number of benzene rings is 1. The number of carbonyl (C=O) groups excluding carboxylic acids is 1. The second kappa shape index (κ2) is 5.04. The number of hydrogen-bond donors (Lipinski definition) is 2. The lowest BCUT2D eigenvalue weighted by atomic mass is 10.0. The van der Waals surface area contributed by atoms with Gasteiger partial charge in [-0.05, 0) is 35.1 Å². The molecule has 0 bridgehead atoms. The topological polar surface area (TPSA) is 49.3 Å². The highest BCUT2D eigenvalue weighted by molar-refractivity contribution is 7.12. The van der Waals surface area contributed by atoms with E-state index in [4.69, 9.17) is 0 Å². The molecule has 2 aromatic rings. The zero-order chi connectivity index (χ0) is 14.2. The fourth-order valence-corrected chi connectivity index (χ4v) is 3.50. The van der Waals surface area contributed by atoms with Crippen LogP contribution < -0.4 is 5.32 Å². The Hall–Kier alpha value is -1.65. The van der Waals surface area contributed by atoms with Crippen molar-refractivity contribution in [2.75, 3.05) is 6.54 Å². The van der Waals surface area contributed by atoms with Gasteiger partial charge in [0, 0.05) is 19.4 Å². The number of nitrogens with one attached hydrogen (secondary N) is 1. The van der Waals surface area contributed by atoms with Crippen molar-refractivity contribution in [1.29, 1.82) is 0 Å². The van der Waals surface area contributed by atoms with E-state index in [-0.39, 0.29) is 12.5 Å². The van der Waals surface area contributed by atoms with Crippen LogP contribution in [0.1, 0.15) is 26.4 Å². The minimum Gasteiger partial charge on any atom is -0.387 e. The molecular weight excluding hydrogens is 270 g/mol. The van der Waals surface area contributed by atoms with E-state index in [1.807, 2.05) is 42.6 Å². The summed E-state index contributed by atoms with van der Waals surface area (Å²) >= 11 is 1.43. The lowest BCUT2D eigenvalue weighted by Gasteiger charge is -2.22. The number of aliphatic hydroxyl groups is 1. The Labute approximate surface area is 122 Å². The molecule has 104 valence electrons.